The summed E-state index contributed by atoms with van der Waals surface area (Å²) in [6, 6.07) is -0.131. The highest BCUT2D eigenvalue weighted by molar-refractivity contribution is 6.07. The molecule has 8 nitrogen and oxygen atoms in total. The van der Waals surface area contributed by atoms with E-state index in [0.717, 1.165) is 35.5 Å². The number of aryl methyl sites for hydroxylation is 1. The Morgan fingerprint density at radius 2 is 2.06 bits per heavy atom. The molecule has 4 N–H and O–H groups in total. The maximum absolute atomic E-state index is 12.7. The first kappa shape index (κ1) is 23.3. The van der Waals surface area contributed by atoms with Gasteiger partial charge in [0, 0.05) is 29.2 Å². The van der Waals surface area contributed by atoms with E-state index < -0.39 is 0 Å². The number of aromatic amines is 1. The molecule has 32 heavy (non-hydrogen) atoms. The van der Waals surface area contributed by atoms with Gasteiger partial charge >= 0.3 is 0 Å². The Hall–Kier alpha value is -3.39. The number of carbonyl (C=O) groups is 3. The molecule has 1 saturated heterocycles. The van der Waals surface area contributed by atoms with Crippen LogP contribution in [-0.2, 0) is 9.59 Å². The third-order valence-corrected chi connectivity index (χ3v) is 5.63. The third kappa shape index (κ3) is 5.08. The van der Waals surface area contributed by atoms with E-state index in [1.807, 2.05) is 40.1 Å². The minimum Gasteiger partial charge on any atom is -0.358 e. The van der Waals surface area contributed by atoms with Crippen molar-refractivity contribution in [1.82, 2.24) is 25.8 Å². The number of nitrogens with one attached hydrogen (secondary N) is 4. The second-order valence-corrected chi connectivity index (χ2v) is 8.35. The van der Waals surface area contributed by atoms with Gasteiger partial charge in [0.25, 0.3) is 11.8 Å². The molecule has 0 radical (unpaired) electrons. The molecule has 1 aromatic heterocycles. The van der Waals surface area contributed by atoms with Crippen molar-refractivity contribution in [1.29, 1.82) is 0 Å². The van der Waals surface area contributed by atoms with E-state index in [2.05, 4.69) is 32.4 Å². The topological polar surface area (TPSA) is 106 Å². The number of nitrogens with zero attached hydrogens (tertiary/aromatic N) is 1. The lowest BCUT2D eigenvalue weighted by Gasteiger charge is -2.17. The molecule has 0 bridgehead atoms. The molecule has 1 aliphatic heterocycles. The first-order valence-electron chi connectivity index (χ1n) is 10.7. The zero-order chi connectivity index (χ0) is 23.4. The number of fused-ring (bicyclic) bond motifs is 1. The predicted octanol–water partition coefficient (Wildman–Crippen LogP) is 1.71. The molecular formula is C24H31N5O3. The molecular weight excluding hydrogens is 406 g/mol. The highest BCUT2D eigenvalue weighted by Crippen LogP contribution is 2.31. The highest BCUT2D eigenvalue weighted by atomic mass is 16.2. The maximum Gasteiger partial charge on any atom is 0.253 e. The van der Waals surface area contributed by atoms with Crippen LogP contribution in [0.15, 0.2) is 41.7 Å². The van der Waals surface area contributed by atoms with Gasteiger partial charge in [0.2, 0.25) is 5.91 Å². The summed E-state index contributed by atoms with van der Waals surface area (Å²) in [5.41, 5.74) is 4.86. The van der Waals surface area contributed by atoms with Crippen molar-refractivity contribution in [2.24, 2.45) is 0 Å². The molecule has 0 aromatic carbocycles. The largest absolute Gasteiger partial charge is 0.358 e. The van der Waals surface area contributed by atoms with E-state index in [-0.39, 0.29) is 23.8 Å². The molecule has 3 amide bonds. The van der Waals surface area contributed by atoms with Gasteiger partial charge in [-0.2, -0.15) is 0 Å². The molecule has 0 spiro atoms. The Morgan fingerprint density at radius 1 is 1.31 bits per heavy atom. The predicted molar refractivity (Wildman–Crippen MR) is 125 cm³/mol. The van der Waals surface area contributed by atoms with Crippen LogP contribution < -0.4 is 16.0 Å². The van der Waals surface area contributed by atoms with Gasteiger partial charge in [-0.1, -0.05) is 12.7 Å². The molecule has 0 saturated carbocycles. The Morgan fingerprint density at radius 3 is 2.75 bits per heavy atom. The normalized spacial score (nSPS) is 18.7. The van der Waals surface area contributed by atoms with Crippen LogP contribution in [0.25, 0.3) is 6.08 Å². The van der Waals surface area contributed by atoms with Crippen LogP contribution >= 0.6 is 0 Å². The molecule has 1 fully saturated rings. The van der Waals surface area contributed by atoms with Gasteiger partial charge < -0.3 is 25.8 Å². The quantitative estimate of drug-likeness (QED) is 0.367. The van der Waals surface area contributed by atoms with Crippen molar-refractivity contribution in [2.45, 2.75) is 32.7 Å². The third-order valence-electron chi connectivity index (χ3n) is 5.63. The molecule has 1 unspecified atom stereocenters. The molecule has 3 rings (SSSR count). The number of hydrogen-bond acceptors (Lipinski definition) is 4. The average molecular weight is 438 g/mol. The van der Waals surface area contributed by atoms with Crippen LogP contribution in [0, 0.1) is 13.8 Å². The average Bonchev–Trinajstić information content (AvgIpc) is 3.20. The van der Waals surface area contributed by atoms with E-state index >= 15 is 0 Å². The van der Waals surface area contributed by atoms with Crippen molar-refractivity contribution in [2.75, 3.05) is 27.2 Å². The number of aromatic nitrogens is 1. The fourth-order valence-electron chi connectivity index (χ4n) is 3.99. The van der Waals surface area contributed by atoms with Gasteiger partial charge in [0.15, 0.2) is 0 Å². The Bertz CT molecular complexity index is 1040. The summed E-state index contributed by atoms with van der Waals surface area (Å²) < 4.78 is 0. The van der Waals surface area contributed by atoms with Gasteiger partial charge in [-0.25, -0.2) is 0 Å². The minimum atomic E-state index is -0.300. The van der Waals surface area contributed by atoms with E-state index in [9.17, 15) is 14.4 Å². The standard InChI is InChI=1S/C24H31N5O3/c1-6-21(30)27-16-8-9-19-17(12-16)18(23(31)28-19)13-20-14(2)22(15(3)26-20)24(32)25-10-7-11-29(4)5/h6,8,12-13,19,26H,1,7,9-11H2,2-5H3,(H,25,32)(H,27,30)(H,28,31)/b18-13-. The monoisotopic (exact) mass is 437 g/mol. The van der Waals surface area contributed by atoms with E-state index in [4.69, 9.17) is 0 Å². The van der Waals surface area contributed by atoms with Crippen molar-refractivity contribution < 1.29 is 14.4 Å². The van der Waals surface area contributed by atoms with Crippen molar-refractivity contribution >= 4 is 23.8 Å². The number of carbonyl (C=O) groups excluding carboxylic acids is 3. The first-order chi connectivity index (χ1) is 15.2. The molecule has 170 valence electrons. The summed E-state index contributed by atoms with van der Waals surface area (Å²) >= 11 is 0. The molecule has 1 atom stereocenters. The van der Waals surface area contributed by atoms with Gasteiger partial charge in [0.1, 0.15) is 0 Å². The second-order valence-electron chi connectivity index (χ2n) is 8.35. The number of rotatable bonds is 8. The molecule has 8 heteroatoms. The van der Waals surface area contributed by atoms with E-state index in [1.165, 1.54) is 6.08 Å². The summed E-state index contributed by atoms with van der Waals surface area (Å²) in [6.45, 7) is 8.69. The maximum atomic E-state index is 12.7. The fraction of sp³-hybridized carbons (Fsp3) is 0.375. The zero-order valence-corrected chi connectivity index (χ0v) is 19.1. The molecule has 1 aliphatic carbocycles. The Kier molecular flexibility index (Phi) is 7.15. The van der Waals surface area contributed by atoms with E-state index in [1.54, 1.807) is 6.08 Å². The van der Waals surface area contributed by atoms with Crippen LogP contribution in [0.1, 0.15) is 40.2 Å². The zero-order valence-electron chi connectivity index (χ0n) is 19.1. The summed E-state index contributed by atoms with van der Waals surface area (Å²) in [7, 11) is 4.00. The van der Waals surface area contributed by atoms with Crippen LogP contribution in [0.2, 0.25) is 0 Å². The van der Waals surface area contributed by atoms with Gasteiger partial charge in [0.05, 0.1) is 11.6 Å². The minimum absolute atomic E-state index is 0.123. The van der Waals surface area contributed by atoms with Crippen LogP contribution in [-0.4, -0.2) is 60.8 Å². The van der Waals surface area contributed by atoms with E-state index in [0.29, 0.717) is 29.8 Å². The lowest BCUT2D eigenvalue weighted by atomic mass is 9.94. The summed E-state index contributed by atoms with van der Waals surface area (Å²) in [5, 5.41) is 8.69. The van der Waals surface area contributed by atoms with Gasteiger partial charge in [-0.3, -0.25) is 14.4 Å². The molecule has 1 aromatic rings. The van der Waals surface area contributed by atoms with Gasteiger partial charge in [-0.15, -0.1) is 0 Å². The van der Waals surface area contributed by atoms with Crippen molar-refractivity contribution in [3.63, 3.8) is 0 Å². The number of amides is 3. The highest BCUT2D eigenvalue weighted by Gasteiger charge is 2.33. The van der Waals surface area contributed by atoms with Crippen molar-refractivity contribution in [3.8, 4) is 0 Å². The number of allylic oxidation sites excluding steroid dienone is 1. The Labute approximate surface area is 188 Å². The van der Waals surface area contributed by atoms with Crippen LogP contribution in [0.5, 0.6) is 0 Å². The SMILES string of the molecule is C=CC(=O)NC1=CCC2NC(=O)/C(=C\c3[nH]c(C)c(C(=O)NCCCN(C)C)c3C)C2=C1. The fourth-order valence-corrected chi connectivity index (χ4v) is 3.99. The van der Waals surface area contributed by atoms with Crippen LogP contribution in [0.3, 0.4) is 0 Å². The second kappa shape index (κ2) is 9.82. The molecule has 2 aliphatic rings. The first-order valence-corrected chi connectivity index (χ1v) is 10.7. The summed E-state index contributed by atoms with van der Waals surface area (Å²) in [6.07, 6.45) is 8.13. The van der Waals surface area contributed by atoms with Gasteiger partial charge in [-0.05, 0) is 76.7 Å². The summed E-state index contributed by atoms with van der Waals surface area (Å²) in [5.74, 6) is -0.596. The lowest BCUT2D eigenvalue weighted by molar-refractivity contribution is -0.117. The Balaban J connectivity index is 1.83. The smallest absolute Gasteiger partial charge is 0.253 e. The van der Waals surface area contributed by atoms with Crippen LogP contribution in [0.4, 0.5) is 0 Å². The van der Waals surface area contributed by atoms with Crippen molar-refractivity contribution in [3.05, 3.63) is 64.2 Å². The summed E-state index contributed by atoms with van der Waals surface area (Å²) in [4.78, 5) is 42.4. The lowest BCUT2D eigenvalue weighted by Crippen LogP contribution is -2.28. The number of H-pyrrole nitrogens is 1. The molecule has 2 heterocycles. The number of hydrogen-bond donors (Lipinski definition) is 4.